The summed E-state index contributed by atoms with van der Waals surface area (Å²) in [6.45, 7) is 2.91. The quantitative estimate of drug-likeness (QED) is 0.872. The number of hydrogen-bond acceptors (Lipinski definition) is 3. The van der Waals surface area contributed by atoms with Gasteiger partial charge in [-0.15, -0.1) is 0 Å². The van der Waals surface area contributed by atoms with Crippen LogP contribution in [0.1, 0.15) is 42.5 Å². The standard InChI is InChI=1S/C15H20N2O2/c1-2-9-6-10(14(16)12-4-3-5-19-12)7-11-8-13(18)17-15(9)11/h6-7,12,14H,2-5,8,16H2,1H3,(H,17,18). The van der Waals surface area contributed by atoms with E-state index in [0.717, 1.165) is 42.7 Å². The normalized spacial score (nSPS) is 23.3. The van der Waals surface area contributed by atoms with Crippen LogP contribution in [0.5, 0.6) is 0 Å². The van der Waals surface area contributed by atoms with Gasteiger partial charge in [0.25, 0.3) is 0 Å². The third-order valence-corrected chi connectivity index (χ3v) is 4.07. The fourth-order valence-corrected chi connectivity index (χ4v) is 3.02. The fourth-order valence-electron chi connectivity index (χ4n) is 3.02. The van der Waals surface area contributed by atoms with E-state index in [4.69, 9.17) is 10.5 Å². The van der Waals surface area contributed by atoms with E-state index in [9.17, 15) is 4.79 Å². The molecule has 0 radical (unpaired) electrons. The molecule has 0 aromatic heterocycles. The van der Waals surface area contributed by atoms with Gasteiger partial charge in [0.2, 0.25) is 5.91 Å². The summed E-state index contributed by atoms with van der Waals surface area (Å²) >= 11 is 0. The number of anilines is 1. The van der Waals surface area contributed by atoms with Gasteiger partial charge in [0.15, 0.2) is 0 Å². The molecule has 0 aliphatic carbocycles. The average molecular weight is 260 g/mol. The molecule has 0 saturated carbocycles. The molecule has 4 heteroatoms. The van der Waals surface area contributed by atoms with Crippen molar-refractivity contribution in [3.63, 3.8) is 0 Å². The van der Waals surface area contributed by atoms with Gasteiger partial charge in [-0.25, -0.2) is 0 Å². The first-order valence-electron chi connectivity index (χ1n) is 7.01. The summed E-state index contributed by atoms with van der Waals surface area (Å²) in [6.07, 6.45) is 3.59. The number of carbonyl (C=O) groups excluding carboxylic acids is 1. The highest BCUT2D eigenvalue weighted by molar-refractivity contribution is 6.00. The summed E-state index contributed by atoms with van der Waals surface area (Å²) in [7, 11) is 0. The third kappa shape index (κ3) is 2.26. The van der Waals surface area contributed by atoms with Crippen LogP contribution < -0.4 is 11.1 Å². The smallest absolute Gasteiger partial charge is 0.228 e. The molecule has 19 heavy (non-hydrogen) atoms. The van der Waals surface area contributed by atoms with Crippen LogP contribution in [0.2, 0.25) is 0 Å². The molecule has 3 N–H and O–H groups in total. The van der Waals surface area contributed by atoms with E-state index in [0.29, 0.717) is 6.42 Å². The van der Waals surface area contributed by atoms with Crippen molar-refractivity contribution in [3.05, 3.63) is 28.8 Å². The highest BCUT2D eigenvalue weighted by Crippen LogP contribution is 2.33. The Bertz CT molecular complexity index is 507. The first-order chi connectivity index (χ1) is 9.19. The number of aryl methyl sites for hydroxylation is 1. The zero-order valence-corrected chi connectivity index (χ0v) is 11.2. The zero-order chi connectivity index (χ0) is 13.4. The van der Waals surface area contributed by atoms with E-state index >= 15 is 0 Å². The molecule has 0 bridgehead atoms. The molecule has 2 unspecified atom stereocenters. The molecule has 1 aromatic rings. The average Bonchev–Trinajstić information content (AvgIpc) is 3.04. The van der Waals surface area contributed by atoms with E-state index in [1.165, 1.54) is 5.56 Å². The minimum Gasteiger partial charge on any atom is -0.376 e. The second-order valence-corrected chi connectivity index (χ2v) is 5.37. The lowest BCUT2D eigenvalue weighted by Gasteiger charge is -2.21. The maximum absolute atomic E-state index is 11.5. The number of fused-ring (bicyclic) bond motifs is 1. The van der Waals surface area contributed by atoms with E-state index in [1.807, 2.05) is 0 Å². The van der Waals surface area contributed by atoms with Gasteiger partial charge >= 0.3 is 0 Å². The lowest BCUT2D eigenvalue weighted by molar-refractivity contribution is -0.115. The number of ether oxygens (including phenoxy) is 1. The monoisotopic (exact) mass is 260 g/mol. The second kappa shape index (κ2) is 4.94. The van der Waals surface area contributed by atoms with Gasteiger partial charge in [0.05, 0.1) is 18.6 Å². The SMILES string of the molecule is CCc1cc(C(N)C2CCCO2)cc2c1NC(=O)C2. The van der Waals surface area contributed by atoms with Gasteiger partial charge in [0, 0.05) is 12.3 Å². The molecule has 2 aliphatic rings. The van der Waals surface area contributed by atoms with Gasteiger partial charge in [-0.3, -0.25) is 4.79 Å². The summed E-state index contributed by atoms with van der Waals surface area (Å²) < 4.78 is 5.68. The van der Waals surface area contributed by atoms with E-state index in [1.54, 1.807) is 0 Å². The Morgan fingerprint density at radius 2 is 2.37 bits per heavy atom. The van der Waals surface area contributed by atoms with E-state index in [2.05, 4.69) is 24.4 Å². The number of carbonyl (C=O) groups is 1. The molecule has 1 saturated heterocycles. The molecule has 1 amide bonds. The van der Waals surface area contributed by atoms with Crippen LogP contribution >= 0.6 is 0 Å². The van der Waals surface area contributed by atoms with Crippen LogP contribution in [0.25, 0.3) is 0 Å². The first kappa shape index (κ1) is 12.6. The number of benzene rings is 1. The zero-order valence-electron chi connectivity index (χ0n) is 11.2. The number of rotatable bonds is 3. The predicted molar refractivity (Wildman–Crippen MR) is 74.1 cm³/mol. The van der Waals surface area contributed by atoms with Gasteiger partial charge in [-0.1, -0.05) is 19.1 Å². The van der Waals surface area contributed by atoms with E-state index in [-0.39, 0.29) is 18.1 Å². The van der Waals surface area contributed by atoms with Crippen molar-refractivity contribution in [2.24, 2.45) is 5.73 Å². The minimum atomic E-state index is -0.0891. The van der Waals surface area contributed by atoms with Crippen LogP contribution in [0.3, 0.4) is 0 Å². The van der Waals surface area contributed by atoms with Crippen LogP contribution in [-0.2, 0) is 22.4 Å². The molecule has 2 atom stereocenters. The van der Waals surface area contributed by atoms with Crippen molar-refractivity contribution in [1.29, 1.82) is 0 Å². The van der Waals surface area contributed by atoms with Gasteiger partial charge in [-0.05, 0) is 36.0 Å². The Balaban J connectivity index is 1.94. The lowest BCUT2D eigenvalue weighted by atomic mass is 9.94. The van der Waals surface area contributed by atoms with Crippen molar-refractivity contribution < 1.29 is 9.53 Å². The van der Waals surface area contributed by atoms with E-state index < -0.39 is 0 Å². The summed E-state index contributed by atoms with van der Waals surface area (Å²) in [5, 5.41) is 2.94. The summed E-state index contributed by atoms with van der Waals surface area (Å²) in [5.41, 5.74) is 10.7. The Morgan fingerprint density at radius 3 is 3.05 bits per heavy atom. The molecule has 1 aromatic carbocycles. The molecule has 1 fully saturated rings. The Labute approximate surface area is 113 Å². The largest absolute Gasteiger partial charge is 0.376 e. The summed E-state index contributed by atoms with van der Waals surface area (Å²) in [6, 6.07) is 4.10. The number of hydrogen-bond donors (Lipinski definition) is 2. The predicted octanol–water partition coefficient (Wildman–Crippen LogP) is 1.92. The van der Waals surface area contributed by atoms with Crippen LogP contribution in [-0.4, -0.2) is 18.6 Å². The molecule has 4 nitrogen and oxygen atoms in total. The number of nitrogens with two attached hydrogens (primary N) is 1. The van der Waals surface area contributed by atoms with Crippen LogP contribution in [0.15, 0.2) is 12.1 Å². The van der Waals surface area contributed by atoms with Crippen molar-refractivity contribution in [2.45, 2.75) is 44.8 Å². The molecule has 2 heterocycles. The third-order valence-electron chi connectivity index (χ3n) is 4.07. The molecule has 102 valence electrons. The maximum Gasteiger partial charge on any atom is 0.228 e. The maximum atomic E-state index is 11.5. The van der Waals surface area contributed by atoms with Crippen molar-refractivity contribution in [1.82, 2.24) is 0 Å². The second-order valence-electron chi connectivity index (χ2n) is 5.37. The summed E-state index contributed by atoms with van der Waals surface area (Å²) in [5.74, 6) is 0.0764. The molecule has 3 rings (SSSR count). The van der Waals surface area contributed by atoms with Crippen LogP contribution in [0.4, 0.5) is 5.69 Å². The minimum absolute atomic E-state index is 0.0764. The van der Waals surface area contributed by atoms with Crippen molar-refractivity contribution in [2.75, 3.05) is 11.9 Å². The Hall–Kier alpha value is -1.39. The summed E-state index contributed by atoms with van der Waals surface area (Å²) in [4.78, 5) is 11.5. The number of nitrogens with one attached hydrogen (secondary N) is 1. The molecular formula is C15H20N2O2. The fraction of sp³-hybridized carbons (Fsp3) is 0.533. The van der Waals surface area contributed by atoms with Gasteiger partial charge in [-0.2, -0.15) is 0 Å². The molecule has 2 aliphatic heterocycles. The lowest BCUT2D eigenvalue weighted by Crippen LogP contribution is -2.25. The van der Waals surface area contributed by atoms with Crippen LogP contribution in [0, 0.1) is 0 Å². The van der Waals surface area contributed by atoms with Crippen molar-refractivity contribution >= 4 is 11.6 Å². The molecule has 0 spiro atoms. The highest BCUT2D eigenvalue weighted by Gasteiger charge is 2.27. The van der Waals surface area contributed by atoms with Gasteiger partial charge in [0.1, 0.15) is 0 Å². The highest BCUT2D eigenvalue weighted by atomic mass is 16.5. The van der Waals surface area contributed by atoms with Crippen molar-refractivity contribution in [3.8, 4) is 0 Å². The number of amides is 1. The van der Waals surface area contributed by atoms with Gasteiger partial charge < -0.3 is 15.8 Å². The topological polar surface area (TPSA) is 64.3 Å². The Kier molecular flexibility index (Phi) is 3.29. The Morgan fingerprint density at radius 1 is 1.53 bits per heavy atom. The first-order valence-corrected chi connectivity index (χ1v) is 7.01. The molecular weight excluding hydrogens is 240 g/mol.